The second-order valence-electron chi connectivity index (χ2n) is 9.38. The van der Waals surface area contributed by atoms with Gasteiger partial charge in [0.25, 0.3) is 0 Å². The summed E-state index contributed by atoms with van der Waals surface area (Å²) in [5.74, 6) is 0.843. The first-order valence-corrected chi connectivity index (χ1v) is 14.7. The van der Waals surface area contributed by atoms with E-state index in [2.05, 4.69) is 137 Å². The Hall–Kier alpha value is -4.40. The molecule has 2 heterocycles. The van der Waals surface area contributed by atoms with Crippen molar-refractivity contribution in [3.8, 4) is 5.75 Å². The molecule has 1 spiro atoms. The maximum absolute atomic E-state index is 7.45. The standard InChI is InChI=1S/C32H26N3OP/c1-5-15-25(16-6-1)31-32(26-17-7-2-8-18-26)37(28-21-11-4-12-22-28,34-29-23-13-14-24-30(29)36-37)35(33-31)27-19-9-3-10-20-27/h1-24,32,34H/t32-/m1/s1. The normalized spacial score (nSPS) is 19.7. The van der Waals surface area contributed by atoms with Gasteiger partial charge in [-0.2, -0.15) is 0 Å². The summed E-state index contributed by atoms with van der Waals surface area (Å²) in [5.41, 5.74) is 5.00. The molecule has 0 saturated heterocycles. The molecule has 0 saturated carbocycles. The first kappa shape index (κ1) is 21.8. The van der Waals surface area contributed by atoms with E-state index in [1.807, 2.05) is 18.2 Å². The Morgan fingerprint density at radius 1 is 0.622 bits per heavy atom. The minimum absolute atomic E-state index is 0.190. The van der Waals surface area contributed by atoms with Crippen molar-refractivity contribution in [1.82, 2.24) is 0 Å². The first-order valence-electron chi connectivity index (χ1n) is 12.5. The van der Waals surface area contributed by atoms with Crippen LogP contribution in [0.5, 0.6) is 5.75 Å². The molecular formula is C32H26N3OP. The fourth-order valence-corrected chi connectivity index (χ4v) is 11.3. The third kappa shape index (κ3) is 3.09. The second kappa shape index (κ2) is 8.33. The Balaban J connectivity index is 1.63. The van der Waals surface area contributed by atoms with Gasteiger partial charge in [-0.3, -0.25) is 0 Å². The van der Waals surface area contributed by atoms with Crippen molar-refractivity contribution < 1.29 is 4.52 Å². The Morgan fingerprint density at radius 2 is 1.19 bits per heavy atom. The van der Waals surface area contributed by atoms with Crippen molar-refractivity contribution >= 4 is 29.5 Å². The van der Waals surface area contributed by atoms with Gasteiger partial charge < -0.3 is 0 Å². The van der Waals surface area contributed by atoms with Gasteiger partial charge in [0.15, 0.2) is 0 Å². The number of hydrogen-bond acceptors (Lipinski definition) is 4. The zero-order valence-electron chi connectivity index (χ0n) is 20.2. The van der Waals surface area contributed by atoms with Crippen LogP contribution in [-0.4, -0.2) is 5.71 Å². The van der Waals surface area contributed by atoms with Crippen LogP contribution in [0.25, 0.3) is 0 Å². The molecule has 0 aromatic heterocycles. The molecule has 0 radical (unpaired) electrons. The Bertz CT molecular complexity index is 1570. The van der Waals surface area contributed by atoms with Gasteiger partial charge in [0.2, 0.25) is 0 Å². The third-order valence-electron chi connectivity index (χ3n) is 7.25. The molecular weight excluding hydrogens is 473 g/mol. The van der Waals surface area contributed by atoms with Gasteiger partial charge in [-0.15, -0.1) is 0 Å². The quantitative estimate of drug-likeness (QED) is 0.257. The Labute approximate surface area is 217 Å². The van der Waals surface area contributed by atoms with E-state index in [0.717, 1.165) is 39.3 Å². The summed E-state index contributed by atoms with van der Waals surface area (Å²) >= 11 is 0. The first-order chi connectivity index (χ1) is 18.3. The molecule has 5 aromatic carbocycles. The molecule has 0 aliphatic carbocycles. The molecule has 180 valence electrons. The van der Waals surface area contributed by atoms with Crippen molar-refractivity contribution in [2.24, 2.45) is 5.10 Å². The van der Waals surface area contributed by atoms with Crippen LogP contribution in [-0.2, 0) is 0 Å². The number of fused-ring (bicyclic) bond motifs is 1. The molecule has 1 N–H and O–H groups in total. The number of hydrogen-bond donors (Lipinski definition) is 1. The monoisotopic (exact) mass is 499 g/mol. The molecule has 5 heteroatoms. The van der Waals surface area contributed by atoms with Crippen LogP contribution in [0.2, 0.25) is 0 Å². The fourth-order valence-electron chi connectivity index (χ4n) is 5.71. The van der Waals surface area contributed by atoms with E-state index >= 15 is 0 Å². The molecule has 4 nitrogen and oxygen atoms in total. The van der Waals surface area contributed by atoms with Crippen LogP contribution in [0, 0.1) is 0 Å². The zero-order valence-corrected chi connectivity index (χ0v) is 21.1. The average Bonchev–Trinajstić information content (AvgIpc) is 3.49. The summed E-state index contributed by atoms with van der Waals surface area (Å²) < 4.78 is 9.63. The maximum atomic E-state index is 7.45. The summed E-state index contributed by atoms with van der Waals surface area (Å²) in [6.45, 7) is 0. The molecule has 0 bridgehead atoms. The Kier molecular flexibility index (Phi) is 4.92. The molecule has 0 fully saturated rings. The van der Waals surface area contributed by atoms with Gasteiger partial charge in [0.05, 0.1) is 0 Å². The van der Waals surface area contributed by atoms with Crippen molar-refractivity contribution in [2.75, 3.05) is 9.87 Å². The second-order valence-corrected chi connectivity index (χ2v) is 13.3. The van der Waals surface area contributed by atoms with Crippen LogP contribution in [0.15, 0.2) is 151 Å². The van der Waals surface area contributed by atoms with E-state index in [1.54, 1.807) is 0 Å². The van der Waals surface area contributed by atoms with E-state index in [0.29, 0.717) is 0 Å². The van der Waals surface area contributed by atoms with E-state index in [1.165, 1.54) is 0 Å². The van der Waals surface area contributed by atoms with Crippen LogP contribution in [0.3, 0.4) is 0 Å². The summed E-state index contributed by atoms with van der Waals surface area (Å²) in [4.78, 5) is 0. The topological polar surface area (TPSA) is 36.9 Å². The number of rotatable bonds is 4. The molecule has 0 amide bonds. The van der Waals surface area contributed by atoms with Crippen LogP contribution in [0.1, 0.15) is 16.8 Å². The summed E-state index contributed by atoms with van der Waals surface area (Å²) in [6, 6.07) is 50.4. The number of nitrogens with zero attached hydrogens (tertiary/aromatic N) is 2. The molecule has 2 aliphatic rings. The molecule has 7 rings (SSSR count). The molecule has 0 unspecified atom stereocenters. The number of hydrazone groups is 1. The SMILES string of the molecule is c1ccc(C2=NN(c3ccccc3)P3(c4ccccc4)(Nc4ccccc4O3)[C@@H]2c2ccccc2)cc1. The van der Waals surface area contributed by atoms with Gasteiger partial charge in [-0.05, 0) is 0 Å². The van der Waals surface area contributed by atoms with Gasteiger partial charge in [-0.25, -0.2) is 0 Å². The van der Waals surface area contributed by atoms with Crippen LogP contribution >= 0.6 is 7.13 Å². The molecule has 37 heavy (non-hydrogen) atoms. The van der Waals surface area contributed by atoms with Gasteiger partial charge in [0, 0.05) is 0 Å². The van der Waals surface area contributed by atoms with Crippen molar-refractivity contribution in [3.63, 3.8) is 0 Å². The van der Waals surface area contributed by atoms with E-state index in [4.69, 9.17) is 9.63 Å². The molecule has 2 aliphatic heterocycles. The zero-order chi connectivity index (χ0) is 24.7. The van der Waals surface area contributed by atoms with E-state index in [-0.39, 0.29) is 5.66 Å². The number of benzene rings is 5. The van der Waals surface area contributed by atoms with Gasteiger partial charge in [-0.1, -0.05) is 0 Å². The van der Waals surface area contributed by atoms with Crippen molar-refractivity contribution in [2.45, 2.75) is 5.66 Å². The van der Waals surface area contributed by atoms with Crippen molar-refractivity contribution in [1.29, 1.82) is 0 Å². The molecule has 5 aromatic rings. The average molecular weight is 500 g/mol. The van der Waals surface area contributed by atoms with Gasteiger partial charge in [0.1, 0.15) is 0 Å². The number of nitrogens with one attached hydrogen (secondary N) is 1. The van der Waals surface area contributed by atoms with Crippen LogP contribution < -0.4 is 19.7 Å². The molecule has 1 atom stereocenters. The van der Waals surface area contributed by atoms with E-state index < -0.39 is 7.13 Å². The predicted molar refractivity (Wildman–Crippen MR) is 155 cm³/mol. The number of anilines is 2. The number of para-hydroxylation sites is 3. The summed E-state index contributed by atoms with van der Waals surface area (Å²) in [7, 11) is -3.84. The summed E-state index contributed by atoms with van der Waals surface area (Å²) in [6.07, 6.45) is 0. The Morgan fingerprint density at radius 3 is 1.86 bits per heavy atom. The van der Waals surface area contributed by atoms with Gasteiger partial charge >= 0.3 is 217 Å². The predicted octanol–water partition coefficient (Wildman–Crippen LogP) is 7.78. The fraction of sp³-hybridized carbons (Fsp3) is 0.0312. The third-order valence-corrected chi connectivity index (χ3v) is 12.4. The van der Waals surface area contributed by atoms with Crippen LogP contribution in [0.4, 0.5) is 11.4 Å². The van der Waals surface area contributed by atoms with E-state index in [9.17, 15) is 0 Å². The minimum atomic E-state index is -3.84. The summed E-state index contributed by atoms with van der Waals surface area (Å²) in [5, 5.41) is 10.6. The van der Waals surface area contributed by atoms with Crippen molar-refractivity contribution in [3.05, 3.63) is 157 Å².